The quantitative estimate of drug-likeness (QED) is 0.468. The van der Waals surface area contributed by atoms with Crippen LogP contribution in [-0.4, -0.2) is 37.1 Å². The monoisotopic (exact) mass is 183 g/mol. The number of ether oxygens (including phenoxy) is 1. The summed E-state index contributed by atoms with van der Waals surface area (Å²) in [7, 11) is 1.39. The third kappa shape index (κ3) is 5.26. The summed E-state index contributed by atoms with van der Waals surface area (Å²) >= 11 is 0. The molecule has 3 nitrogen and oxygen atoms in total. The zero-order valence-electron chi connectivity index (χ0n) is 8.54. The van der Waals surface area contributed by atoms with Crippen molar-refractivity contribution in [2.45, 2.75) is 26.3 Å². The van der Waals surface area contributed by atoms with Crippen molar-refractivity contribution in [3.05, 3.63) is 0 Å². The molecule has 3 heteroatoms. The van der Waals surface area contributed by atoms with Gasteiger partial charge in [-0.3, -0.25) is 9.69 Å². The van der Waals surface area contributed by atoms with E-state index in [0.29, 0.717) is 19.0 Å². The molecule has 0 aromatic carbocycles. The number of methoxy groups -OCH3 is 1. The summed E-state index contributed by atoms with van der Waals surface area (Å²) in [5.41, 5.74) is 0. The van der Waals surface area contributed by atoms with Crippen LogP contribution in [0.5, 0.6) is 0 Å². The van der Waals surface area contributed by atoms with Crippen molar-refractivity contribution < 1.29 is 9.53 Å². The number of carbonyl (C=O) groups excluding carboxylic acids is 1. The van der Waals surface area contributed by atoms with Crippen LogP contribution < -0.4 is 0 Å². The molecule has 0 spiro atoms. The van der Waals surface area contributed by atoms with Gasteiger partial charge in [0.05, 0.1) is 13.7 Å². The maximum Gasteiger partial charge on any atom is 0.319 e. The van der Waals surface area contributed by atoms with Gasteiger partial charge >= 0.3 is 5.97 Å². The van der Waals surface area contributed by atoms with Gasteiger partial charge in [-0.05, 0) is 13.8 Å². The minimum absolute atomic E-state index is 0.217. The van der Waals surface area contributed by atoms with Crippen LogP contribution in [0.25, 0.3) is 0 Å². The first-order chi connectivity index (χ1) is 6.11. The molecule has 0 aromatic rings. The molecule has 0 N–H and O–H groups in total. The first-order valence-electron chi connectivity index (χ1n) is 4.36. The van der Waals surface area contributed by atoms with E-state index in [2.05, 4.69) is 10.7 Å². The molecule has 0 aliphatic rings. The van der Waals surface area contributed by atoms with Gasteiger partial charge in [0.25, 0.3) is 0 Å². The lowest BCUT2D eigenvalue weighted by Crippen LogP contribution is -2.36. The van der Waals surface area contributed by atoms with E-state index in [-0.39, 0.29) is 5.97 Å². The highest BCUT2D eigenvalue weighted by Gasteiger charge is 2.12. The SMILES string of the molecule is C#CCCN(CC(=O)OC)C(C)C. The van der Waals surface area contributed by atoms with Crippen molar-refractivity contribution in [2.75, 3.05) is 20.2 Å². The number of carbonyl (C=O) groups is 1. The predicted octanol–water partition coefficient (Wildman–Crippen LogP) is 0.893. The van der Waals surface area contributed by atoms with E-state index in [1.807, 2.05) is 18.7 Å². The lowest BCUT2D eigenvalue weighted by atomic mass is 10.3. The van der Waals surface area contributed by atoms with Crippen molar-refractivity contribution in [3.63, 3.8) is 0 Å². The van der Waals surface area contributed by atoms with Crippen molar-refractivity contribution in [2.24, 2.45) is 0 Å². The molecule has 0 rings (SSSR count). The van der Waals surface area contributed by atoms with Crippen molar-refractivity contribution in [1.29, 1.82) is 0 Å². The largest absolute Gasteiger partial charge is 0.468 e. The fourth-order valence-corrected chi connectivity index (χ4v) is 0.958. The number of hydrogen-bond acceptors (Lipinski definition) is 3. The topological polar surface area (TPSA) is 29.5 Å². The van der Waals surface area contributed by atoms with Crippen LogP contribution >= 0.6 is 0 Å². The Morgan fingerprint density at radius 1 is 1.62 bits per heavy atom. The first-order valence-corrected chi connectivity index (χ1v) is 4.36. The Labute approximate surface area is 80.1 Å². The third-order valence-corrected chi connectivity index (χ3v) is 1.83. The molecule has 0 fully saturated rings. The standard InChI is InChI=1S/C10H17NO2/c1-5-6-7-11(9(2)3)8-10(12)13-4/h1,9H,6-8H2,2-4H3. The summed E-state index contributed by atoms with van der Waals surface area (Å²) in [4.78, 5) is 13.0. The molecule has 13 heavy (non-hydrogen) atoms. The molecule has 0 atom stereocenters. The molecule has 0 radical (unpaired) electrons. The van der Waals surface area contributed by atoms with Gasteiger partial charge in [0, 0.05) is 19.0 Å². The van der Waals surface area contributed by atoms with Crippen molar-refractivity contribution >= 4 is 5.97 Å². The molecule has 0 unspecified atom stereocenters. The van der Waals surface area contributed by atoms with Crippen molar-refractivity contribution in [1.82, 2.24) is 4.90 Å². The van der Waals surface area contributed by atoms with Crippen LogP contribution in [-0.2, 0) is 9.53 Å². The first kappa shape index (κ1) is 12.0. The Bertz CT molecular complexity index is 194. The van der Waals surface area contributed by atoms with Crippen LogP contribution in [0, 0.1) is 12.3 Å². The average Bonchev–Trinajstić information content (AvgIpc) is 2.11. The van der Waals surface area contributed by atoms with Crippen LogP contribution in [0.15, 0.2) is 0 Å². The second kappa shape index (κ2) is 6.50. The van der Waals surface area contributed by atoms with Gasteiger partial charge in [-0.1, -0.05) is 0 Å². The van der Waals surface area contributed by atoms with Gasteiger partial charge < -0.3 is 4.74 Å². The summed E-state index contributed by atoms with van der Waals surface area (Å²) < 4.78 is 4.58. The highest BCUT2D eigenvalue weighted by molar-refractivity contribution is 5.71. The van der Waals surface area contributed by atoms with Gasteiger partial charge in [-0.2, -0.15) is 0 Å². The maximum absolute atomic E-state index is 11.0. The van der Waals surface area contributed by atoms with E-state index in [4.69, 9.17) is 6.42 Å². The number of rotatable bonds is 5. The number of esters is 1. The van der Waals surface area contributed by atoms with E-state index in [0.717, 1.165) is 6.54 Å². The summed E-state index contributed by atoms with van der Waals surface area (Å²) in [5, 5.41) is 0. The van der Waals surface area contributed by atoms with E-state index in [1.54, 1.807) is 0 Å². The van der Waals surface area contributed by atoms with Crippen LogP contribution in [0.1, 0.15) is 20.3 Å². The molecule has 0 aromatic heterocycles. The molecule has 0 heterocycles. The van der Waals surface area contributed by atoms with Crippen LogP contribution in [0.4, 0.5) is 0 Å². The normalized spacial score (nSPS) is 10.2. The second-order valence-corrected chi connectivity index (χ2v) is 3.09. The zero-order chi connectivity index (χ0) is 10.3. The predicted molar refractivity (Wildman–Crippen MR) is 52.2 cm³/mol. The summed E-state index contributed by atoms with van der Waals surface area (Å²) in [6.45, 7) is 5.11. The lowest BCUT2D eigenvalue weighted by Gasteiger charge is -2.23. The van der Waals surface area contributed by atoms with Gasteiger partial charge in [0.15, 0.2) is 0 Å². The van der Waals surface area contributed by atoms with Gasteiger partial charge in [0.1, 0.15) is 0 Å². The molecule has 0 saturated carbocycles. The number of nitrogens with zero attached hydrogens (tertiary/aromatic N) is 1. The Kier molecular flexibility index (Phi) is 5.99. The van der Waals surface area contributed by atoms with E-state index < -0.39 is 0 Å². The average molecular weight is 183 g/mol. The second-order valence-electron chi connectivity index (χ2n) is 3.09. The van der Waals surface area contributed by atoms with Crippen LogP contribution in [0.3, 0.4) is 0 Å². The third-order valence-electron chi connectivity index (χ3n) is 1.83. The molecular formula is C10H17NO2. The summed E-state index contributed by atoms with van der Waals surface area (Å²) in [6.07, 6.45) is 5.81. The molecule has 74 valence electrons. The van der Waals surface area contributed by atoms with Gasteiger partial charge in [-0.25, -0.2) is 0 Å². The summed E-state index contributed by atoms with van der Waals surface area (Å²) in [6, 6.07) is 0.312. The Morgan fingerprint density at radius 2 is 2.23 bits per heavy atom. The Morgan fingerprint density at radius 3 is 2.62 bits per heavy atom. The zero-order valence-corrected chi connectivity index (χ0v) is 8.54. The minimum atomic E-state index is -0.217. The summed E-state index contributed by atoms with van der Waals surface area (Å²) in [5.74, 6) is 2.33. The lowest BCUT2D eigenvalue weighted by molar-refractivity contribution is -0.142. The highest BCUT2D eigenvalue weighted by Crippen LogP contribution is 1.99. The molecule has 0 aliphatic heterocycles. The maximum atomic E-state index is 11.0. The van der Waals surface area contributed by atoms with Crippen molar-refractivity contribution in [3.8, 4) is 12.3 Å². The molecule has 0 aliphatic carbocycles. The Balaban J connectivity index is 3.95. The molecular weight excluding hydrogens is 166 g/mol. The number of terminal acetylenes is 1. The van der Waals surface area contributed by atoms with E-state index in [1.165, 1.54) is 7.11 Å². The fourth-order valence-electron chi connectivity index (χ4n) is 0.958. The van der Waals surface area contributed by atoms with E-state index >= 15 is 0 Å². The molecule has 0 saturated heterocycles. The van der Waals surface area contributed by atoms with E-state index in [9.17, 15) is 4.79 Å². The van der Waals surface area contributed by atoms with Crippen LogP contribution in [0.2, 0.25) is 0 Å². The van der Waals surface area contributed by atoms with Gasteiger partial charge in [0.2, 0.25) is 0 Å². The molecule has 0 amide bonds. The molecule has 0 bridgehead atoms. The fraction of sp³-hybridized carbons (Fsp3) is 0.700. The smallest absolute Gasteiger partial charge is 0.319 e. The van der Waals surface area contributed by atoms with Gasteiger partial charge in [-0.15, -0.1) is 12.3 Å². The number of hydrogen-bond donors (Lipinski definition) is 0. The Hall–Kier alpha value is -1.01. The minimum Gasteiger partial charge on any atom is -0.468 e. The highest BCUT2D eigenvalue weighted by atomic mass is 16.5.